The van der Waals surface area contributed by atoms with Crippen molar-refractivity contribution in [2.24, 2.45) is 0 Å². The zero-order valence-corrected chi connectivity index (χ0v) is 11.1. The summed E-state index contributed by atoms with van der Waals surface area (Å²) >= 11 is 11.5. The number of alkyl halides is 3. The summed E-state index contributed by atoms with van der Waals surface area (Å²) in [6, 6.07) is 4.18. The van der Waals surface area contributed by atoms with Crippen LogP contribution in [-0.2, 0) is 0 Å². The molecular weight excluding hydrogens is 306 g/mol. The molecule has 0 unspecified atom stereocenters. The van der Waals surface area contributed by atoms with Crippen LogP contribution in [-0.4, -0.2) is 41.8 Å². The van der Waals surface area contributed by atoms with E-state index < -0.39 is 31.8 Å². The lowest BCUT2D eigenvalue weighted by molar-refractivity contribution is -0.141. The van der Waals surface area contributed by atoms with Crippen LogP contribution in [0.1, 0.15) is 10.4 Å². The fourth-order valence-corrected chi connectivity index (χ4v) is 2.01. The molecule has 0 saturated carbocycles. The van der Waals surface area contributed by atoms with Gasteiger partial charge < -0.3 is 10.0 Å². The molecule has 1 aromatic carbocycles. The van der Waals surface area contributed by atoms with E-state index in [2.05, 4.69) is 0 Å². The van der Waals surface area contributed by atoms with Gasteiger partial charge in [-0.2, -0.15) is 13.2 Å². The average molecular weight is 316 g/mol. The van der Waals surface area contributed by atoms with Crippen molar-refractivity contribution in [3.05, 3.63) is 33.8 Å². The maximum atomic E-state index is 12.4. The molecule has 1 rings (SSSR count). The molecule has 1 aromatic rings. The molecule has 0 aliphatic heterocycles. The molecule has 106 valence electrons. The van der Waals surface area contributed by atoms with Crippen molar-refractivity contribution >= 4 is 29.1 Å². The quantitative estimate of drug-likeness (QED) is 0.928. The van der Waals surface area contributed by atoms with Crippen LogP contribution >= 0.6 is 23.2 Å². The maximum absolute atomic E-state index is 12.4. The Bertz CT molecular complexity index is 445. The number of hydrogen-bond donors (Lipinski definition) is 1. The van der Waals surface area contributed by atoms with Crippen LogP contribution in [0.25, 0.3) is 0 Å². The van der Waals surface area contributed by atoms with Gasteiger partial charge in [0.25, 0.3) is 5.91 Å². The second-order valence-corrected chi connectivity index (χ2v) is 4.48. The van der Waals surface area contributed by atoms with Crippen LogP contribution in [0.4, 0.5) is 13.2 Å². The van der Waals surface area contributed by atoms with Gasteiger partial charge in [0.1, 0.15) is 6.54 Å². The van der Waals surface area contributed by atoms with Gasteiger partial charge in [-0.05, 0) is 12.1 Å². The predicted molar refractivity (Wildman–Crippen MR) is 65.5 cm³/mol. The number of nitrogens with zero attached hydrogens (tertiary/aromatic N) is 1. The number of amides is 1. The molecule has 8 heteroatoms. The van der Waals surface area contributed by atoms with Crippen LogP contribution in [0.15, 0.2) is 18.2 Å². The van der Waals surface area contributed by atoms with E-state index in [1.807, 2.05) is 0 Å². The number of hydrogen-bond acceptors (Lipinski definition) is 2. The fourth-order valence-electron chi connectivity index (χ4n) is 1.45. The van der Waals surface area contributed by atoms with Crippen molar-refractivity contribution in [3.63, 3.8) is 0 Å². The van der Waals surface area contributed by atoms with Crippen molar-refractivity contribution in [2.45, 2.75) is 6.18 Å². The lowest BCUT2D eigenvalue weighted by Crippen LogP contribution is -2.40. The Morgan fingerprint density at radius 2 is 1.79 bits per heavy atom. The molecule has 19 heavy (non-hydrogen) atoms. The molecule has 0 heterocycles. The minimum Gasteiger partial charge on any atom is -0.395 e. The fraction of sp³-hybridized carbons (Fsp3) is 0.364. The number of benzene rings is 1. The minimum atomic E-state index is -4.57. The molecule has 0 aromatic heterocycles. The third-order valence-corrected chi connectivity index (χ3v) is 2.83. The molecule has 0 bridgehead atoms. The van der Waals surface area contributed by atoms with Gasteiger partial charge in [-0.3, -0.25) is 4.79 Å². The van der Waals surface area contributed by atoms with Crippen LogP contribution in [0.2, 0.25) is 10.0 Å². The number of aliphatic hydroxyl groups excluding tert-OH is 1. The number of carbonyl (C=O) groups is 1. The molecule has 0 atom stereocenters. The largest absolute Gasteiger partial charge is 0.406 e. The highest BCUT2D eigenvalue weighted by Gasteiger charge is 2.34. The molecule has 0 fully saturated rings. The standard InChI is InChI=1S/C11H10Cl2F3NO2/c12-7-2-1-3-8(13)9(7)10(19)17(4-5-18)6-11(14,15)16/h1-3,18H,4-6H2. The third-order valence-electron chi connectivity index (χ3n) is 2.20. The summed E-state index contributed by atoms with van der Waals surface area (Å²) in [6.07, 6.45) is -4.57. The Hall–Kier alpha value is -0.980. The smallest absolute Gasteiger partial charge is 0.395 e. The summed E-state index contributed by atoms with van der Waals surface area (Å²) in [7, 11) is 0. The molecule has 0 radical (unpaired) electrons. The molecule has 1 N–H and O–H groups in total. The zero-order valence-electron chi connectivity index (χ0n) is 9.55. The van der Waals surface area contributed by atoms with Crippen LogP contribution in [0.3, 0.4) is 0 Å². The van der Waals surface area contributed by atoms with Crippen LogP contribution in [0, 0.1) is 0 Å². The van der Waals surface area contributed by atoms with Gasteiger partial charge >= 0.3 is 6.18 Å². The lowest BCUT2D eigenvalue weighted by Gasteiger charge is -2.24. The Balaban J connectivity index is 3.06. The topological polar surface area (TPSA) is 40.5 Å². The number of carbonyl (C=O) groups excluding carboxylic acids is 1. The molecule has 0 saturated heterocycles. The number of rotatable bonds is 4. The first-order valence-corrected chi connectivity index (χ1v) is 5.92. The van der Waals surface area contributed by atoms with E-state index in [-0.39, 0.29) is 15.6 Å². The highest BCUT2D eigenvalue weighted by Crippen LogP contribution is 2.27. The molecule has 3 nitrogen and oxygen atoms in total. The van der Waals surface area contributed by atoms with Gasteiger partial charge in [-0.25, -0.2) is 0 Å². The molecule has 0 aliphatic carbocycles. The lowest BCUT2D eigenvalue weighted by atomic mass is 10.2. The second kappa shape index (κ2) is 6.45. The summed E-state index contributed by atoms with van der Waals surface area (Å²) in [5, 5.41) is 8.66. The average Bonchev–Trinajstić information content (AvgIpc) is 2.26. The van der Waals surface area contributed by atoms with E-state index in [0.717, 1.165) is 0 Å². The Kier molecular flexibility index (Phi) is 5.46. The van der Waals surface area contributed by atoms with Gasteiger partial charge in [0, 0.05) is 6.54 Å². The van der Waals surface area contributed by atoms with Gasteiger partial charge in [0.2, 0.25) is 0 Å². The van der Waals surface area contributed by atoms with E-state index in [1.54, 1.807) is 0 Å². The first-order chi connectivity index (χ1) is 8.76. The van der Waals surface area contributed by atoms with Crippen LogP contribution < -0.4 is 0 Å². The molecule has 1 amide bonds. The molecule has 0 aliphatic rings. The third kappa shape index (κ3) is 4.56. The summed E-state index contributed by atoms with van der Waals surface area (Å²) in [5.41, 5.74) is -0.205. The first kappa shape index (κ1) is 16.1. The number of halogens is 5. The normalized spacial score (nSPS) is 11.5. The highest BCUT2D eigenvalue weighted by atomic mass is 35.5. The van der Waals surface area contributed by atoms with Crippen molar-refractivity contribution in [3.8, 4) is 0 Å². The molecule has 0 spiro atoms. The highest BCUT2D eigenvalue weighted by molar-refractivity contribution is 6.39. The SMILES string of the molecule is O=C(c1c(Cl)cccc1Cl)N(CCO)CC(F)(F)F. The van der Waals surface area contributed by atoms with E-state index in [0.29, 0.717) is 4.90 Å². The summed E-state index contributed by atoms with van der Waals surface area (Å²) < 4.78 is 37.1. The van der Waals surface area contributed by atoms with Gasteiger partial charge in [0.15, 0.2) is 0 Å². The Labute approximate surface area is 117 Å². The summed E-state index contributed by atoms with van der Waals surface area (Å²) in [4.78, 5) is 12.5. The van der Waals surface area contributed by atoms with Gasteiger partial charge in [-0.15, -0.1) is 0 Å². The van der Waals surface area contributed by atoms with Crippen molar-refractivity contribution < 1.29 is 23.1 Å². The van der Waals surface area contributed by atoms with E-state index in [1.165, 1.54) is 18.2 Å². The second-order valence-electron chi connectivity index (χ2n) is 3.66. The predicted octanol–water partition coefficient (Wildman–Crippen LogP) is 2.99. The minimum absolute atomic E-state index is 0.0392. The van der Waals surface area contributed by atoms with Crippen molar-refractivity contribution in [1.29, 1.82) is 0 Å². The van der Waals surface area contributed by atoms with E-state index >= 15 is 0 Å². The Morgan fingerprint density at radius 1 is 1.26 bits per heavy atom. The van der Waals surface area contributed by atoms with Crippen LogP contribution in [0.5, 0.6) is 0 Å². The first-order valence-electron chi connectivity index (χ1n) is 5.17. The Morgan fingerprint density at radius 3 is 2.21 bits per heavy atom. The van der Waals surface area contributed by atoms with Crippen molar-refractivity contribution in [2.75, 3.05) is 19.7 Å². The summed E-state index contributed by atoms with van der Waals surface area (Å²) in [6.45, 7) is -2.53. The van der Waals surface area contributed by atoms with E-state index in [9.17, 15) is 18.0 Å². The summed E-state index contributed by atoms with van der Waals surface area (Å²) in [5.74, 6) is -0.970. The zero-order chi connectivity index (χ0) is 14.6. The van der Waals surface area contributed by atoms with Gasteiger partial charge in [-0.1, -0.05) is 29.3 Å². The van der Waals surface area contributed by atoms with Crippen molar-refractivity contribution in [1.82, 2.24) is 4.90 Å². The van der Waals surface area contributed by atoms with E-state index in [4.69, 9.17) is 28.3 Å². The number of aliphatic hydroxyl groups is 1. The van der Waals surface area contributed by atoms with Gasteiger partial charge in [0.05, 0.1) is 22.2 Å². The maximum Gasteiger partial charge on any atom is 0.406 e. The monoisotopic (exact) mass is 315 g/mol. The molecular formula is C11H10Cl2F3NO2.